The second kappa shape index (κ2) is 8.53. The summed E-state index contributed by atoms with van der Waals surface area (Å²) in [6.45, 7) is 9.93. The molecule has 1 aromatic rings. The van der Waals surface area contributed by atoms with Gasteiger partial charge in [0.15, 0.2) is 5.96 Å². The van der Waals surface area contributed by atoms with Crippen molar-refractivity contribution in [2.45, 2.75) is 45.7 Å². The third kappa shape index (κ3) is 4.99. The Balaban J connectivity index is 1.99. The molecule has 0 aromatic carbocycles. The molecule has 1 fully saturated rings. The first-order valence-electron chi connectivity index (χ1n) is 8.34. The first kappa shape index (κ1) is 17.3. The fraction of sp³-hybridized carbons (Fsp3) is 0.706. The highest BCUT2D eigenvalue weighted by molar-refractivity contribution is 7.10. The minimum absolute atomic E-state index is 0.391. The number of nitrogens with zero attached hydrogens (tertiary/aromatic N) is 2. The van der Waals surface area contributed by atoms with E-state index >= 15 is 0 Å². The van der Waals surface area contributed by atoms with Gasteiger partial charge in [0, 0.05) is 24.5 Å². The molecule has 2 N–H and O–H groups in total. The van der Waals surface area contributed by atoms with Gasteiger partial charge in [-0.15, -0.1) is 11.3 Å². The van der Waals surface area contributed by atoms with Crippen LogP contribution in [0.15, 0.2) is 22.5 Å². The quantitative estimate of drug-likeness (QED) is 0.646. The SMILES string of the molecule is CN=C(NCC(c1cccs1)N1CCC(C)CC1)NC(C)C. The van der Waals surface area contributed by atoms with Crippen LogP contribution in [0.2, 0.25) is 0 Å². The standard InChI is InChI=1S/C17H30N4S/c1-13(2)20-17(18-4)19-12-15(16-6-5-11-22-16)21-9-7-14(3)8-10-21/h5-6,11,13-15H,7-10,12H2,1-4H3,(H2,18,19,20). The Hall–Kier alpha value is -1.07. The third-order valence-electron chi connectivity index (χ3n) is 4.24. The second-order valence-corrected chi connectivity index (χ2v) is 7.48. The maximum absolute atomic E-state index is 4.32. The zero-order valence-corrected chi connectivity index (χ0v) is 15.1. The molecular weight excluding hydrogens is 292 g/mol. The molecule has 4 nitrogen and oxygen atoms in total. The van der Waals surface area contributed by atoms with E-state index in [0.29, 0.717) is 12.1 Å². The minimum Gasteiger partial charge on any atom is -0.354 e. The fourth-order valence-corrected chi connectivity index (χ4v) is 3.75. The molecule has 5 heteroatoms. The molecule has 1 atom stereocenters. The molecule has 1 aromatic heterocycles. The van der Waals surface area contributed by atoms with Crippen LogP contribution >= 0.6 is 11.3 Å². The highest BCUT2D eigenvalue weighted by Crippen LogP contribution is 2.28. The minimum atomic E-state index is 0.391. The zero-order valence-electron chi connectivity index (χ0n) is 14.3. The monoisotopic (exact) mass is 322 g/mol. The van der Waals surface area contributed by atoms with Crippen molar-refractivity contribution in [1.82, 2.24) is 15.5 Å². The number of rotatable bonds is 5. The predicted octanol–water partition coefficient (Wildman–Crippen LogP) is 3.09. The van der Waals surface area contributed by atoms with Gasteiger partial charge in [0.25, 0.3) is 0 Å². The molecule has 2 heterocycles. The van der Waals surface area contributed by atoms with Crippen molar-refractivity contribution in [3.8, 4) is 0 Å². The van der Waals surface area contributed by atoms with Crippen LogP contribution in [0, 0.1) is 5.92 Å². The molecule has 22 heavy (non-hydrogen) atoms. The van der Waals surface area contributed by atoms with Gasteiger partial charge in [-0.3, -0.25) is 9.89 Å². The van der Waals surface area contributed by atoms with Crippen LogP contribution in [0.5, 0.6) is 0 Å². The summed E-state index contributed by atoms with van der Waals surface area (Å²) >= 11 is 1.86. The van der Waals surface area contributed by atoms with Crippen molar-refractivity contribution in [3.05, 3.63) is 22.4 Å². The first-order valence-corrected chi connectivity index (χ1v) is 9.22. The Morgan fingerprint density at radius 3 is 2.68 bits per heavy atom. The molecule has 0 radical (unpaired) electrons. The lowest BCUT2D eigenvalue weighted by Gasteiger charge is -2.36. The summed E-state index contributed by atoms with van der Waals surface area (Å²) < 4.78 is 0. The largest absolute Gasteiger partial charge is 0.354 e. The highest BCUT2D eigenvalue weighted by Gasteiger charge is 2.25. The normalized spacial score (nSPS) is 19.4. The fourth-order valence-electron chi connectivity index (χ4n) is 2.89. The van der Waals surface area contributed by atoms with E-state index in [4.69, 9.17) is 0 Å². The van der Waals surface area contributed by atoms with Gasteiger partial charge >= 0.3 is 0 Å². The number of hydrogen-bond acceptors (Lipinski definition) is 3. The molecule has 2 rings (SSSR count). The van der Waals surface area contributed by atoms with Gasteiger partial charge in [0.2, 0.25) is 0 Å². The number of thiophene rings is 1. The van der Waals surface area contributed by atoms with E-state index in [1.165, 1.54) is 30.8 Å². The number of likely N-dealkylation sites (tertiary alicyclic amines) is 1. The molecule has 124 valence electrons. The van der Waals surface area contributed by atoms with Gasteiger partial charge in [-0.2, -0.15) is 0 Å². The number of guanidine groups is 1. The maximum atomic E-state index is 4.32. The van der Waals surface area contributed by atoms with Crippen LogP contribution in [0.1, 0.15) is 44.5 Å². The van der Waals surface area contributed by atoms with Crippen LogP contribution in [0.25, 0.3) is 0 Å². The van der Waals surface area contributed by atoms with Crippen LogP contribution in [-0.2, 0) is 0 Å². The van der Waals surface area contributed by atoms with Crippen molar-refractivity contribution >= 4 is 17.3 Å². The highest BCUT2D eigenvalue weighted by atomic mass is 32.1. The summed E-state index contributed by atoms with van der Waals surface area (Å²) in [4.78, 5) is 8.39. The summed E-state index contributed by atoms with van der Waals surface area (Å²) in [6.07, 6.45) is 2.61. The molecule has 0 bridgehead atoms. The predicted molar refractivity (Wildman–Crippen MR) is 96.7 cm³/mol. The maximum Gasteiger partial charge on any atom is 0.191 e. The zero-order chi connectivity index (χ0) is 15.9. The van der Waals surface area contributed by atoms with E-state index in [1.54, 1.807) is 0 Å². The summed E-state index contributed by atoms with van der Waals surface area (Å²) in [7, 11) is 1.83. The molecule has 0 amide bonds. The number of piperidine rings is 1. The molecule has 0 aliphatic carbocycles. The van der Waals surface area contributed by atoms with E-state index in [0.717, 1.165) is 18.4 Å². The van der Waals surface area contributed by atoms with Crippen molar-refractivity contribution < 1.29 is 0 Å². The van der Waals surface area contributed by atoms with Crippen molar-refractivity contribution in [1.29, 1.82) is 0 Å². The summed E-state index contributed by atoms with van der Waals surface area (Å²) in [5, 5.41) is 9.04. The average Bonchev–Trinajstić information content (AvgIpc) is 3.01. The molecule has 1 unspecified atom stereocenters. The molecule has 1 aliphatic heterocycles. The van der Waals surface area contributed by atoms with Gasteiger partial charge in [-0.1, -0.05) is 13.0 Å². The van der Waals surface area contributed by atoms with Gasteiger partial charge in [-0.25, -0.2) is 0 Å². The average molecular weight is 323 g/mol. The molecule has 0 spiro atoms. The summed E-state index contributed by atoms with van der Waals surface area (Å²) in [6, 6.07) is 5.24. The van der Waals surface area contributed by atoms with Crippen LogP contribution in [-0.4, -0.2) is 43.6 Å². The topological polar surface area (TPSA) is 39.7 Å². The van der Waals surface area contributed by atoms with Gasteiger partial charge < -0.3 is 10.6 Å². The Morgan fingerprint density at radius 2 is 2.14 bits per heavy atom. The van der Waals surface area contributed by atoms with E-state index in [2.05, 4.69) is 58.8 Å². The lowest BCUT2D eigenvalue weighted by molar-refractivity contribution is 0.140. The first-order chi connectivity index (χ1) is 10.6. The molecular formula is C17H30N4S. The van der Waals surface area contributed by atoms with Gasteiger partial charge in [0.1, 0.15) is 0 Å². The molecule has 0 saturated carbocycles. The molecule has 1 saturated heterocycles. The molecule has 1 aliphatic rings. The Bertz CT molecular complexity index is 447. The third-order valence-corrected chi connectivity index (χ3v) is 5.22. The summed E-state index contributed by atoms with van der Waals surface area (Å²) in [5.74, 6) is 1.76. The van der Waals surface area contributed by atoms with E-state index in [9.17, 15) is 0 Å². The van der Waals surface area contributed by atoms with Crippen molar-refractivity contribution in [2.24, 2.45) is 10.9 Å². The Morgan fingerprint density at radius 1 is 1.41 bits per heavy atom. The Kier molecular flexibility index (Phi) is 6.70. The number of nitrogens with one attached hydrogen (secondary N) is 2. The van der Waals surface area contributed by atoms with Crippen LogP contribution in [0.4, 0.5) is 0 Å². The summed E-state index contributed by atoms with van der Waals surface area (Å²) in [5.41, 5.74) is 0. The van der Waals surface area contributed by atoms with Crippen LogP contribution in [0.3, 0.4) is 0 Å². The lowest BCUT2D eigenvalue weighted by Crippen LogP contribution is -2.46. The van der Waals surface area contributed by atoms with Crippen LogP contribution < -0.4 is 10.6 Å². The second-order valence-electron chi connectivity index (χ2n) is 6.50. The van der Waals surface area contributed by atoms with Gasteiger partial charge in [-0.05, 0) is 57.1 Å². The Labute approximate surface area is 139 Å². The van der Waals surface area contributed by atoms with E-state index in [1.807, 2.05) is 18.4 Å². The van der Waals surface area contributed by atoms with Gasteiger partial charge in [0.05, 0.1) is 6.04 Å². The van der Waals surface area contributed by atoms with Crippen molar-refractivity contribution in [2.75, 3.05) is 26.7 Å². The lowest BCUT2D eigenvalue weighted by atomic mass is 9.97. The smallest absolute Gasteiger partial charge is 0.191 e. The van der Waals surface area contributed by atoms with E-state index in [-0.39, 0.29) is 0 Å². The van der Waals surface area contributed by atoms with Crippen molar-refractivity contribution in [3.63, 3.8) is 0 Å². The number of hydrogen-bond donors (Lipinski definition) is 2. The number of aliphatic imine (C=N–C) groups is 1. The van der Waals surface area contributed by atoms with E-state index < -0.39 is 0 Å².